The van der Waals surface area contributed by atoms with E-state index in [4.69, 9.17) is 4.74 Å². The molecule has 0 aromatic heterocycles. The highest BCUT2D eigenvalue weighted by atomic mass is 19.1. The van der Waals surface area contributed by atoms with Crippen molar-refractivity contribution >= 4 is 0 Å². The standard InChI is InChI=1S/C10H12FO/c1-7(2)9-5-4-8(12-3)6-10(9)11/h4-6H,1-3H3. The summed E-state index contributed by atoms with van der Waals surface area (Å²) in [6.45, 7) is 3.76. The molecular formula is C10H12FO. The van der Waals surface area contributed by atoms with Gasteiger partial charge in [0.1, 0.15) is 11.6 Å². The van der Waals surface area contributed by atoms with Gasteiger partial charge >= 0.3 is 0 Å². The lowest BCUT2D eigenvalue weighted by molar-refractivity contribution is 0.411. The highest BCUT2D eigenvalue weighted by molar-refractivity contribution is 5.35. The van der Waals surface area contributed by atoms with Gasteiger partial charge in [0, 0.05) is 12.0 Å². The molecule has 0 heterocycles. The molecule has 0 bridgehead atoms. The second kappa shape index (κ2) is 3.57. The van der Waals surface area contributed by atoms with E-state index in [0.29, 0.717) is 11.3 Å². The SMILES string of the molecule is COc1ccc([C](C)C)c(F)c1. The van der Waals surface area contributed by atoms with E-state index in [9.17, 15) is 4.39 Å². The number of halogens is 1. The molecule has 0 unspecified atom stereocenters. The van der Waals surface area contributed by atoms with E-state index in [1.807, 2.05) is 13.8 Å². The summed E-state index contributed by atoms with van der Waals surface area (Å²) in [5.41, 5.74) is 0.649. The van der Waals surface area contributed by atoms with Crippen LogP contribution in [0.25, 0.3) is 0 Å². The molecule has 12 heavy (non-hydrogen) atoms. The minimum Gasteiger partial charge on any atom is -0.497 e. The highest BCUT2D eigenvalue weighted by Crippen LogP contribution is 2.21. The van der Waals surface area contributed by atoms with Crippen molar-refractivity contribution in [1.29, 1.82) is 0 Å². The first-order valence-corrected chi connectivity index (χ1v) is 3.79. The zero-order valence-electron chi connectivity index (χ0n) is 7.52. The van der Waals surface area contributed by atoms with E-state index in [0.717, 1.165) is 5.92 Å². The maximum atomic E-state index is 13.2. The molecule has 1 rings (SSSR count). The van der Waals surface area contributed by atoms with Crippen LogP contribution in [0.5, 0.6) is 5.75 Å². The number of methoxy groups -OCH3 is 1. The van der Waals surface area contributed by atoms with Crippen LogP contribution in [0.4, 0.5) is 4.39 Å². The van der Waals surface area contributed by atoms with Crippen molar-refractivity contribution in [2.45, 2.75) is 13.8 Å². The molecule has 65 valence electrons. The fourth-order valence-corrected chi connectivity index (χ4v) is 1.03. The van der Waals surface area contributed by atoms with Crippen molar-refractivity contribution in [3.05, 3.63) is 35.5 Å². The van der Waals surface area contributed by atoms with Gasteiger partial charge in [-0.05, 0) is 11.6 Å². The van der Waals surface area contributed by atoms with E-state index < -0.39 is 0 Å². The van der Waals surface area contributed by atoms with Crippen LogP contribution in [0.15, 0.2) is 18.2 Å². The van der Waals surface area contributed by atoms with Crippen LogP contribution in [-0.4, -0.2) is 7.11 Å². The number of hydrogen-bond acceptors (Lipinski definition) is 1. The molecule has 0 spiro atoms. The monoisotopic (exact) mass is 167 g/mol. The lowest BCUT2D eigenvalue weighted by Crippen LogP contribution is -1.94. The summed E-state index contributed by atoms with van der Waals surface area (Å²) in [6.07, 6.45) is 0. The lowest BCUT2D eigenvalue weighted by atomic mass is 10.0. The van der Waals surface area contributed by atoms with E-state index >= 15 is 0 Å². The summed E-state index contributed by atoms with van der Waals surface area (Å²) < 4.78 is 18.1. The van der Waals surface area contributed by atoms with Crippen molar-refractivity contribution in [3.8, 4) is 5.75 Å². The van der Waals surface area contributed by atoms with Gasteiger partial charge in [-0.3, -0.25) is 0 Å². The lowest BCUT2D eigenvalue weighted by Gasteiger charge is -2.07. The van der Waals surface area contributed by atoms with E-state index in [1.165, 1.54) is 13.2 Å². The third kappa shape index (κ3) is 1.76. The maximum Gasteiger partial charge on any atom is 0.130 e. The summed E-state index contributed by atoms with van der Waals surface area (Å²) >= 11 is 0. The molecule has 0 atom stereocenters. The average molecular weight is 167 g/mol. The fraction of sp³-hybridized carbons (Fsp3) is 0.300. The van der Waals surface area contributed by atoms with Crippen molar-refractivity contribution in [2.75, 3.05) is 7.11 Å². The number of hydrogen-bond donors (Lipinski definition) is 0. The first-order valence-electron chi connectivity index (χ1n) is 3.79. The van der Waals surface area contributed by atoms with E-state index in [1.54, 1.807) is 12.1 Å². The van der Waals surface area contributed by atoms with E-state index in [-0.39, 0.29) is 5.82 Å². The van der Waals surface area contributed by atoms with Crippen LogP contribution in [0.3, 0.4) is 0 Å². The molecular weight excluding hydrogens is 155 g/mol. The van der Waals surface area contributed by atoms with Crippen LogP contribution in [0, 0.1) is 11.7 Å². The second-order valence-electron chi connectivity index (χ2n) is 2.85. The predicted molar refractivity (Wildman–Crippen MR) is 46.6 cm³/mol. The van der Waals surface area contributed by atoms with Crippen molar-refractivity contribution in [1.82, 2.24) is 0 Å². The molecule has 0 aliphatic heterocycles. The largest absolute Gasteiger partial charge is 0.497 e. The third-order valence-electron chi connectivity index (χ3n) is 1.71. The van der Waals surface area contributed by atoms with E-state index in [2.05, 4.69) is 0 Å². The minimum absolute atomic E-state index is 0.227. The predicted octanol–water partition coefficient (Wildman–Crippen LogP) is 2.80. The van der Waals surface area contributed by atoms with Gasteiger partial charge in [0.05, 0.1) is 7.11 Å². The van der Waals surface area contributed by atoms with Gasteiger partial charge in [0.25, 0.3) is 0 Å². The van der Waals surface area contributed by atoms with Gasteiger partial charge in [-0.25, -0.2) is 4.39 Å². The topological polar surface area (TPSA) is 9.23 Å². The Balaban J connectivity index is 3.03. The third-order valence-corrected chi connectivity index (χ3v) is 1.71. The zero-order valence-corrected chi connectivity index (χ0v) is 7.52. The Bertz CT molecular complexity index is 269. The summed E-state index contributed by atoms with van der Waals surface area (Å²) in [4.78, 5) is 0. The Hall–Kier alpha value is -1.05. The highest BCUT2D eigenvalue weighted by Gasteiger charge is 2.07. The normalized spacial score (nSPS) is 10.4. The fourth-order valence-electron chi connectivity index (χ4n) is 1.03. The molecule has 0 N–H and O–H groups in total. The van der Waals surface area contributed by atoms with Crippen LogP contribution < -0.4 is 4.74 Å². The second-order valence-corrected chi connectivity index (χ2v) is 2.85. The van der Waals surface area contributed by atoms with Gasteiger partial charge < -0.3 is 4.74 Å². The van der Waals surface area contributed by atoms with Gasteiger partial charge in [-0.2, -0.15) is 0 Å². The molecule has 0 aliphatic carbocycles. The molecule has 1 radical (unpaired) electrons. The molecule has 0 amide bonds. The van der Waals surface area contributed by atoms with Gasteiger partial charge in [0.15, 0.2) is 0 Å². The first-order chi connectivity index (χ1) is 5.65. The molecule has 0 saturated carbocycles. The number of benzene rings is 1. The molecule has 1 nitrogen and oxygen atoms in total. The van der Waals surface area contributed by atoms with Crippen molar-refractivity contribution in [2.24, 2.45) is 0 Å². The van der Waals surface area contributed by atoms with Gasteiger partial charge in [0.2, 0.25) is 0 Å². The Morgan fingerprint density at radius 1 is 1.33 bits per heavy atom. The van der Waals surface area contributed by atoms with Crippen molar-refractivity contribution in [3.63, 3.8) is 0 Å². The van der Waals surface area contributed by atoms with Gasteiger partial charge in [-0.1, -0.05) is 19.9 Å². The Kier molecular flexibility index (Phi) is 2.69. The zero-order chi connectivity index (χ0) is 9.14. The number of ether oxygens (including phenoxy) is 1. The van der Waals surface area contributed by atoms with Crippen LogP contribution in [0.2, 0.25) is 0 Å². The minimum atomic E-state index is -0.227. The molecule has 1 aromatic carbocycles. The summed E-state index contributed by atoms with van der Waals surface area (Å²) in [6, 6.07) is 4.87. The van der Waals surface area contributed by atoms with Crippen LogP contribution >= 0.6 is 0 Å². The summed E-state index contributed by atoms with van der Waals surface area (Å²) in [5.74, 6) is 1.29. The Labute approximate surface area is 72.2 Å². The molecule has 2 heteroatoms. The average Bonchev–Trinajstić information content (AvgIpc) is 2.03. The first kappa shape index (κ1) is 9.04. The quantitative estimate of drug-likeness (QED) is 0.658. The van der Waals surface area contributed by atoms with Crippen molar-refractivity contribution < 1.29 is 9.13 Å². The number of rotatable bonds is 2. The summed E-state index contributed by atoms with van der Waals surface area (Å²) in [5, 5.41) is 0. The molecule has 0 aliphatic rings. The van der Waals surface area contributed by atoms with Crippen LogP contribution in [-0.2, 0) is 0 Å². The van der Waals surface area contributed by atoms with Crippen LogP contribution in [0.1, 0.15) is 19.4 Å². The Morgan fingerprint density at radius 2 is 2.00 bits per heavy atom. The Morgan fingerprint density at radius 3 is 2.42 bits per heavy atom. The summed E-state index contributed by atoms with van der Waals surface area (Å²) in [7, 11) is 1.52. The smallest absolute Gasteiger partial charge is 0.130 e. The van der Waals surface area contributed by atoms with Gasteiger partial charge in [-0.15, -0.1) is 0 Å². The molecule has 1 aromatic rings. The maximum absolute atomic E-state index is 13.2. The molecule has 0 fully saturated rings. The molecule has 0 saturated heterocycles.